The van der Waals surface area contributed by atoms with Crippen LogP contribution in [0.1, 0.15) is 5.69 Å². The molecule has 0 saturated carbocycles. The van der Waals surface area contributed by atoms with Gasteiger partial charge in [-0.1, -0.05) is 0 Å². The van der Waals surface area contributed by atoms with Gasteiger partial charge in [0.05, 0.1) is 11.4 Å². The number of hydrogen-bond donors (Lipinski definition) is 1. The molecular formula is C13H10F3NO2. The Morgan fingerprint density at radius 2 is 1.68 bits per heavy atom. The van der Waals surface area contributed by atoms with Gasteiger partial charge in [-0.05, 0) is 43.3 Å². The maximum absolute atomic E-state index is 12.0. The van der Waals surface area contributed by atoms with Gasteiger partial charge in [0.15, 0.2) is 0 Å². The third-order valence-corrected chi connectivity index (χ3v) is 2.44. The van der Waals surface area contributed by atoms with Gasteiger partial charge in [0.2, 0.25) is 0 Å². The predicted molar refractivity (Wildman–Crippen MR) is 62.8 cm³/mol. The van der Waals surface area contributed by atoms with E-state index in [0.717, 1.165) is 0 Å². The number of aryl methyl sites for hydroxylation is 1. The highest BCUT2D eigenvalue weighted by atomic mass is 19.4. The first-order chi connectivity index (χ1) is 8.85. The molecule has 1 aromatic heterocycles. The highest BCUT2D eigenvalue weighted by molar-refractivity contribution is 5.61. The number of benzene rings is 1. The van der Waals surface area contributed by atoms with Gasteiger partial charge in [0, 0.05) is 5.56 Å². The number of ether oxygens (including phenoxy) is 1. The van der Waals surface area contributed by atoms with E-state index in [-0.39, 0.29) is 11.5 Å². The Balaban J connectivity index is 2.25. The van der Waals surface area contributed by atoms with Crippen LogP contribution in [-0.2, 0) is 0 Å². The molecule has 0 fully saturated rings. The van der Waals surface area contributed by atoms with Crippen LogP contribution in [-0.4, -0.2) is 16.5 Å². The molecule has 19 heavy (non-hydrogen) atoms. The van der Waals surface area contributed by atoms with Gasteiger partial charge < -0.3 is 9.84 Å². The van der Waals surface area contributed by atoms with Gasteiger partial charge in [-0.15, -0.1) is 13.2 Å². The van der Waals surface area contributed by atoms with Gasteiger partial charge >= 0.3 is 6.36 Å². The lowest BCUT2D eigenvalue weighted by atomic mass is 10.1. The summed E-state index contributed by atoms with van der Waals surface area (Å²) in [6.45, 7) is 1.64. The van der Waals surface area contributed by atoms with E-state index in [0.29, 0.717) is 17.0 Å². The molecule has 0 aliphatic rings. The molecule has 0 atom stereocenters. The van der Waals surface area contributed by atoms with Crippen molar-refractivity contribution in [2.45, 2.75) is 13.3 Å². The average molecular weight is 269 g/mol. The van der Waals surface area contributed by atoms with Crippen molar-refractivity contribution in [3.8, 4) is 22.8 Å². The summed E-state index contributed by atoms with van der Waals surface area (Å²) in [5, 5.41) is 9.35. The molecule has 3 nitrogen and oxygen atoms in total. The molecule has 0 bridgehead atoms. The number of pyridine rings is 1. The molecule has 2 aromatic rings. The van der Waals surface area contributed by atoms with Crippen molar-refractivity contribution in [3.05, 3.63) is 42.1 Å². The summed E-state index contributed by atoms with van der Waals surface area (Å²) in [7, 11) is 0. The minimum Gasteiger partial charge on any atom is -0.506 e. The number of hydrogen-bond acceptors (Lipinski definition) is 3. The Hall–Kier alpha value is -2.24. The molecule has 0 unspecified atom stereocenters. The van der Waals surface area contributed by atoms with E-state index in [1.54, 1.807) is 13.0 Å². The van der Waals surface area contributed by atoms with Gasteiger partial charge in [0.25, 0.3) is 0 Å². The predicted octanol–water partition coefficient (Wildman–Crippen LogP) is 3.66. The fourth-order valence-corrected chi connectivity index (χ4v) is 1.54. The highest BCUT2D eigenvalue weighted by Gasteiger charge is 2.30. The van der Waals surface area contributed by atoms with Crippen LogP contribution in [0.15, 0.2) is 36.4 Å². The van der Waals surface area contributed by atoms with E-state index in [1.807, 2.05) is 0 Å². The summed E-state index contributed by atoms with van der Waals surface area (Å²) in [6, 6.07) is 8.44. The molecule has 0 spiro atoms. The number of nitrogens with zero attached hydrogens (tertiary/aromatic N) is 1. The van der Waals surface area contributed by atoms with Crippen molar-refractivity contribution in [2.75, 3.05) is 0 Å². The van der Waals surface area contributed by atoms with E-state index >= 15 is 0 Å². The van der Waals surface area contributed by atoms with Crippen molar-refractivity contribution >= 4 is 0 Å². The molecule has 0 amide bonds. The minimum absolute atomic E-state index is 0.0702. The molecule has 0 aliphatic heterocycles. The molecule has 100 valence electrons. The maximum Gasteiger partial charge on any atom is 0.573 e. The normalized spacial score (nSPS) is 11.4. The highest BCUT2D eigenvalue weighted by Crippen LogP contribution is 2.26. The van der Waals surface area contributed by atoms with Crippen LogP contribution in [0.25, 0.3) is 11.3 Å². The summed E-state index contributed by atoms with van der Waals surface area (Å²) < 4.78 is 39.8. The second kappa shape index (κ2) is 4.79. The summed E-state index contributed by atoms with van der Waals surface area (Å²) in [6.07, 6.45) is -4.70. The number of halogens is 3. The Kier molecular flexibility index (Phi) is 3.33. The monoisotopic (exact) mass is 269 g/mol. The number of rotatable bonds is 2. The second-order valence-electron chi connectivity index (χ2n) is 3.87. The average Bonchev–Trinajstić information content (AvgIpc) is 2.32. The van der Waals surface area contributed by atoms with Gasteiger partial charge in [-0.2, -0.15) is 0 Å². The van der Waals surface area contributed by atoms with Crippen LogP contribution >= 0.6 is 0 Å². The standard InChI is InChI=1S/C13H10F3NO2/c1-8-12(18)7-6-11(17-8)9-2-4-10(5-3-9)19-13(14,15)16/h2-7,18H,1H3. The van der Waals surface area contributed by atoms with E-state index < -0.39 is 6.36 Å². The van der Waals surface area contributed by atoms with Crippen molar-refractivity contribution in [1.29, 1.82) is 0 Å². The molecule has 2 rings (SSSR count). The van der Waals surface area contributed by atoms with Crippen LogP contribution in [0.5, 0.6) is 11.5 Å². The Labute approximate surface area is 107 Å². The third-order valence-electron chi connectivity index (χ3n) is 2.44. The van der Waals surface area contributed by atoms with Crippen LogP contribution < -0.4 is 4.74 Å². The molecular weight excluding hydrogens is 259 g/mol. The van der Waals surface area contributed by atoms with Crippen LogP contribution in [0, 0.1) is 6.92 Å². The Morgan fingerprint density at radius 3 is 2.21 bits per heavy atom. The zero-order valence-electron chi connectivity index (χ0n) is 9.90. The zero-order chi connectivity index (χ0) is 14.0. The van der Waals surface area contributed by atoms with Gasteiger partial charge in [-0.3, -0.25) is 0 Å². The molecule has 6 heteroatoms. The number of alkyl halides is 3. The topological polar surface area (TPSA) is 42.4 Å². The van der Waals surface area contributed by atoms with E-state index in [4.69, 9.17) is 0 Å². The summed E-state index contributed by atoms with van der Waals surface area (Å²) in [5.74, 6) is -0.215. The first-order valence-electron chi connectivity index (χ1n) is 5.38. The van der Waals surface area contributed by atoms with Gasteiger partial charge in [-0.25, -0.2) is 4.98 Å². The lowest BCUT2D eigenvalue weighted by molar-refractivity contribution is -0.274. The van der Waals surface area contributed by atoms with Crippen LogP contribution in [0.2, 0.25) is 0 Å². The molecule has 1 heterocycles. The second-order valence-corrected chi connectivity index (χ2v) is 3.87. The van der Waals surface area contributed by atoms with Crippen molar-refractivity contribution in [2.24, 2.45) is 0 Å². The quantitative estimate of drug-likeness (QED) is 0.904. The molecule has 1 N–H and O–H groups in total. The first-order valence-corrected chi connectivity index (χ1v) is 5.38. The van der Waals surface area contributed by atoms with Gasteiger partial charge in [0.1, 0.15) is 11.5 Å². The number of aromatic hydroxyl groups is 1. The summed E-state index contributed by atoms with van der Waals surface area (Å²) >= 11 is 0. The zero-order valence-corrected chi connectivity index (χ0v) is 9.90. The van der Waals surface area contributed by atoms with Crippen molar-refractivity contribution in [1.82, 2.24) is 4.98 Å². The van der Waals surface area contributed by atoms with Crippen molar-refractivity contribution < 1.29 is 23.0 Å². The third kappa shape index (κ3) is 3.37. The Bertz CT molecular complexity index is 579. The summed E-state index contributed by atoms with van der Waals surface area (Å²) in [4.78, 5) is 4.13. The number of aromatic nitrogens is 1. The molecule has 0 saturated heterocycles. The smallest absolute Gasteiger partial charge is 0.506 e. The van der Waals surface area contributed by atoms with E-state index in [2.05, 4.69) is 9.72 Å². The van der Waals surface area contributed by atoms with E-state index in [1.165, 1.54) is 30.3 Å². The van der Waals surface area contributed by atoms with Crippen LogP contribution in [0.4, 0.5) is 13.2 Å². The lowest BCUT2D eigenvalue weighted by Gasteiger charge is -2.09. The largest absolute Gasteiger partial charge is 0.573 e. The molecule has 1 aromatic carbocycles. The fraction of sp³-hybridized carbons (Fsp3) is 0.154. The molecule has 0 radical (unpaired) electrons. The minimum atomic E-state index is -4.70. The van der Waals surface area contributed by atoms with E-state index in [9.17, 15) is 18.3 Å². The summed E-state index contributed by atoms with van der Waals surface area (Å²) in [5.41, 5.74) is 1.65. The lowest BCUT2D eigenvalue weighted by Crippen LogP contribution is -2.16. The van der Waals surface area contributed by atoms with Crippen LogP contribution in [0.3, 0.4) is 0 Å². The maximum atomic E-state index is 12.0. The Morgan fingerprint density at radius 1 is 1.05 bits per heavy atom. The van der Waals surface area contributed by atoms with Crippen molar-refractivity contribution in [3.63, 3.8) is 0 Å². The fourth-order valence-electron chi connectivity index (χ4n) is 1.54. The SMILES string of the molecule is Cc1nc(-c2ccc(OC(F)(F)F)cc2)ccc1O. The molecule has 0 aliphatic carbocycles. The first kappa shape index (κ1) is 13.2.